The molecular formula is C5H6NO5S-. The van der Waals surface area contributed by atoms with Crippen LogP contribution in [-0.2, 0) is 19.2 Å². The molecule has 0 aromatic rings. The van der Waals surface area contributed by atoms with Crippen molar-refractivity contribution in [2.45, 2.75) is 0 Å². The third-order valence-electron chi connectivity index (χ3n) is 0.560. The fraction of sp³-hybridized carbons (Fsp3) is 0. The van der Waals surface area contributed by atoms with Crippen LogP contribution < -0.4 is 5.11 Å². The van der Waals surface area contributed by atoms with Crippen LogP contribution >= 0.6 is 0 Å². The smallest absolute Gasteiger partial charge is 0.429 e. The third kappa shape index (κ3) is 4.34. The number of ether oxygens (including phenoxy) is 1. The van der Waals surface area contributed by atoms with Crippen LogP contribution in [0.25, 0.3) is 0 Å². The van der Waals surface area contributed by atoms with E-state index in [0.717, 1.165) is 6.26 Å². The molecule has 7 heteroatoms. The molecule has 0 atom stereocenters. The zero-order valence-electron chi connectivity index (χ0n) is 5.97. The van der Waals surface area contributed by atoms with E-state index in [-0.39, 0.29) is 0 Å². The molecule has 0 N–H and O–H groups in total. The van der Waals surface area contributed by atoms with E-state index in [2.05, 4.69) is 26.5 Å². The van der Waals surface area contributed by atoms with Gasteiger partial charge in [-0.15, -0.1) is 4.40 Å². The highest BCUT2D eigenvalue weighted by atomic mass is 32.2. The maximum Gasteiger partial charge on any atom is 0.429 e. The van der Waals surface area contributed by atoms with Crippen LogP contribution in [0.4, 0.5) is 0 Å². The molecular weight excluding hydrogens is 186 g/mol. The summed E-state index contributed by atoms with van der Waals surface area (Å²) < 4.78 is 31.4. The van der Waals surface area contributed by atoms with Crippen molar-refractivity contribution in [3.63, 3.8) is 0 Å². The molecule has 0 aromatic heterocycles. The first-order chi connectivity index (χ1) is 5.52. The molecule has 68 valence electrons. The van der Waals surface area contributed by atoms with Crippen LogP contribution in [-0.4, -0.2) is 14.5 Å². The number of hydrogen-bond donors (Lipinski definition) is 0. The minimum Gasteiger partial charge on any atom is -0.574 e. The van der Waals surface area contributed by atoms with Gasteiger partial charge in [-0.05, 0) is 6.26 Å². The van der Waals surface area contributed by atoms with Gasteiger partial charge in [0.1, 0.15) is 6.26 Å². The van der Waals surface area contributed by atoms with Gasteiger partial charge in [-0.3, -0.25) is 0 Å². The highest BCUT2D eigenvalue weighted by Gasteiger charge is 2.04. The molecule has 12 heavy (non-hydrogen) atoms. The van der Waals surface area contributed by atoms with E-state index in [1.54, 1.807) is 0 Å². The molecule has 0 aliphatic heterocycles. The molecule has 0 aliphatic rings. The first-order valence-corrected chi connectivity index (χ1v) is 3.97. The maximum atomic E-state index is 10.5. The number of hydrogen-bond acceptors (Lipinski definition) is 5. The average Bonchev–Trinajstić information content (AvgIpc) is 1.85. The molecule has 0 aromatic carbocycles. The lowest BCUT2D eigenvalue weighted by Gasteiger charge is -2.06. The Labute approximate surface area is 69.7 Å². The molecule has 0 radical (unpaired) electrons. The third-order valence-corrected chi connectivity index (χ3v) is 1.31. The Morgan fingerprint density at radius 3 is 2.42 bits per heavy atom. The predicted octanol–water partition coefficient (Wildman–Crippen LogP) is -0.732. The molecule has 0 amide bonds. The maximum absolute atomic E-state index is 10.5. The molecule has 0 heterocycles. The van der Waals surface area contributed by atoms with Crippen molar-refractivity contribution in [2.24, 2.45) is 4.40 Å². The van der Waals surface area contributed by atoms with Crippen molar-refractivity contribution >= 4 is 16.4 Å². The second-order valence-electron chi connectivity index (χ2n) is 1.33. The Morgan fingerprint density at radius 1 is 1.42 bits per heavy atom. The lowest BCUT2D eigenvalue weighted by Crippen LogP contribution is -2.20. The van der Waals surface area contributed by atoms with E-state index in [0.29, 0.717) is 6.26 Å². The van der Waals surface area contributed by atoms with E-state index in [9.17, 15) is 13.5 Å². The second kappa shape index (κ2) is 4.39. The van der Waals surface area contributed by atoms with Crippen LogP contribution in [0.3, 0.4) is 0 Å². The van der Waals surface area contributed by atoms with Gasteiger partial charge < -0.3 is 14.0 Å². The van der Waals surface area contributed by atoms with Gasteiger partial charge in [0.05, 0.1) is 0 Å². The van der Waals surface area contributed by atoms with Crippen LogP contribution in [0, 0.1) is 0 Å². The quantitative estimate of drug-likeness (QED) is 0.333. The Kier molecular flexibility index (Phi) is 3.84. The SMILES string of the molecule is C=CO/C([O-])=N/S(=O)(=O)OC=C. The largest absolute Gasteiger partial charge is 0.574 e. The molecule has 6 nitrogen and oxygen atoms in total. The summed E-state index contributed by atoms with van der Waals surface area (Å²) in [5, 5.41) is 10.4. The van der Waals surface area contributed by atoms with Crippen molar-refractivity contribution in [3.8, 4) is 0 Å². The summed E-state index contributed by atoms with van der Waals surface area (Å²) in [5.41, 5.74) is 0. The van der Waals surface area contributed by atoms with Crippen molar-refractivity contribution < 1.29 is 22.4 Å². The normalized spacial score (nSPS) is 11.8. The summed E-state index contributed by atoms with van der Waals surface area (Å²) in [7, 11) is -4.27. The summed E-state index contributed by atoms with van der Waals surface area (Å²) in [6, 6.07) is 0. The van der Waals surface area contributed by atoms with E-state index >= 15 is 0 Å². The first-order valence-electron chi connectivity index (χ1n) is 2.60. The van der Waals surface area contributed by atoms with Crippen molar-refractivity contribution in [1.29, 1.82) is 0 Å². The van der Waals surface area contributed by atoms with Gasteiger partial charge in [0.15, 0.2) is 6.08 Å². The molecule has 0 fully saturated rings. The lowest BCUT2D eigenvalue weighted by atomic mass is 11.1. The molecule has 0 unspecified atom stereocenters. The summed E-state index contributed by atoms with van der Waals surface area (Å²) in [6.07, 6.45) is 0.0433. The van der Waals surface area contributed by atoms with E-state index in [1.807, 2.05) is 0 Å². The van der Waals surface area contributed by atoms with Gasteiger partial charge in [-0.25, -0.2) is 0 Å². The molecule has 0 saturated carbocycles. The molecule has 0 saturated heterocycles. The molecule has 0 spiro atoms. The number of rotatable bonds is 4. The highest BCUT2D eigenvalue weighted by Crippen LogP contribution is 1.94. The predicted molar refractivity (Wildman–Crippen MR) is 38.9 cm³/mol. The van der Waals surface area contributed by atoms with E-state index in [1.165, 1.54) is 0 Å². The van der Waals surface area contributed by atoms with Crippen LogP contribution in [0.15, 0.2) is 30.1 Å². The van der Waals surface area contributed by atoms with Gasteiger partial charge in [-0.1, -0.05) is 13.2 Å². The van der Waals surface area contributed by atoms with Crippen molar-refractivity contribution in [1.82, 2.24) is 0 Å². The standard InChI is InChI=1S/C5H7NO5S/c1-3-10-5(7)6-12(8,9)11-4-2/h3-4H,1-2H2,(H,6,7)/p-1. The summed E-state index contributed by atoms with van der Waals surface area (Å²) >= 11 is 0. The summed E-state index contributed by atoms with van der Waals surface area (Å²) in [4.78, 5) is 0. The lowest BCUT2D eigenvalue weighted by molar-refractivity contribution is -0.243. The summed E-state index contributed by atoms with van der Waals surface area (Å²) in [6.45, 7) is 5.98. The van der Waals surface area contributed by atoms with Crippen LogP contribution in [0.1, 0.15) is 0 Å². The zero-order valence-corrected chi connectivity index (χ0v) is 6.78. The average molecular weight is 192 g/mol. The van der Waals surface area contributed by atoms with E-state index in [4.69, 9.17) is 0 Å². The Morgan fingerprint density at radius 2 is 2.00 bits per heavy atom. The fourth-order valence-electron chi connectivity index (χ4n) is 0.292. The fourth-order valence-corrected chi connectivity index (χ4v) is 0.732. The highest BCUT2D eigenvalue weighted by molar-refractivity contribution is 7.85. The topological polar surface area (TPSA) is 88.0 Å². The monoisotopic (exact) mass is 192 g/mol. The Balaban J connectivity index is 4.49. The minimum absolute atomic E-state index is 0.625. The van der Waals surface area contributed by atoms with Gasteiger partial charge in [0, 0.05) is 0 Å². The second-order valence-corrected chi connectivity index (χ2v) is 2.56. The molecule has 0 aliphatic carbocycles. The Bertz CT molecular complexity index is 291. The molecule has 0 rings (SSSR count). The van der Waals surface area contributed by atoms with E-state index < -0.39 is 16.4 Å². The zero-order chi connectivity index (χ0) is 9.61. The van der Waals surface area contributed by atoms with Crippen LogP contribution in [0.5, 0.6) is 0 Å². The van der Waals surface area contributed by atoms with Crippen molar-refractivity contribution in [3.05, 3.63) is 25.7 Å². The van der Waals surface area contributed by atoms with Crippen LogP contribution in [0.2, 0.25) is 0 Å². The van der Waals surface area contributed by atoms with Crippen molar-refractivity contribution in [2.75, 3.05) is 0 Å². The first kappa shape index (κ1) is 10.5. The summed E-state index contributed by atoms with van der Waals surface area (Å²) in [5.74, 6) is 0. The number of nitrogens with zero attached hydrogens (tertiary/aromatic N) is 1. The Hall–Kier alpha value is -1.50. The van der Waals surface area contributed by atoms with Gasteiger partial charge in [-0.2, -0.15) is 8.42 Å². The van der Waals surface area contributed by atoms with Gasteiger partial charge in [0.25, 0.3) is 0 Å². The minimum atomic E-state index is -4.27. The molecule has 0 bridgehead atoms. The van der Waals surface area contributed by atoms with Gasteiger partial charge in [0.2, 0.25) is 0 Å². The van der Waals surface area contributed by atoms with Gasteiger partial charge >= 0.3 is 10.3 Å².